The molecule has 0 rings (SSSR count). The van der Waals surface area contributed by atoms with E-state index in [2.05, 4.69) is 24.1 Å². The van der Waals surface area contributed by atoms with E-state index < -0.39 is 22.6 Å². The number of nitrogens with zero attached hydrogens (tertiary/aromatic N) is 2. The van der Waals surface area contributed by atoms with E-state index in [1.54, 1.807) is 4.34 Å². The molecule has 0 aromatic heterocycles. The summed E-state index contributed by atoms with van der Waals surface area (Å²) in [6.07, 6.45) is 0. The van der Waals surface area contributed by atoms with E-state index in [1.807, 2.05) is 48.5 Å². The van der Waals surface area contributed by atoms with Crippen molar-refractivity contribution in [3.63, 3.8) is 0 Å². The van der Waals surface area contributed by atoms with E-state index in [4.69, 9.17) is 22.3 Å². The lowest BCUT2D eigenvalue weighted by Crippen LogP contribution is -2.47. The largest absolute Gasteiger partial charge is 0.290 e. The standard InChI is InChI=1S/C13H32Cl2FN2PSi2/c1-11-18(20(8,9)10)19(14,16)17-21(15,12(2,3)4)13(5,6)7/h11H2,1-10H3. The molecular weight excluding hydrogens is 361 g/mol. The van der Waals surface area contributed by atoms with Gasteiger partial charge < -0.3 is 0 Å². The Morgan fingerprint density at radius 3 is 1.57 bits per heavy atom. The summed E-state index contributed by atoms with van der Waals surface area (Å²) in [7, 11) is -4.72. The molecule has 0 spiro atoms. The van der Waals surface area contributed by atoms with Gasteiger partial charge in [0.25, 0.3) is 14.4 Å². The molecular formula is C13H32Cl2FN2PSi2. The van der Waals surface area contributed by atoms with Crippen LogP contribution in [0.5, 0.6) is 0 Å². The predicted octanol–water partition coefficient (Wildman–Crippen LogP) is 7.58. The first kappa shape index (κ1) is 22.1. The zero-order chi connectivity index (χ0) is 17.5. The van der Waals surface area contributed by atoms with Gasteiger partial charge in [-0.1, -0.05) is 68.1 Å². The minimum absolute atomic E-state index is 0.266. The molecule has 0 heterocycles. The van der Waals surface area contributed by atoms with Crippen molar-refractivity contribution in [3.8, 4) is 0 Å². The molecule has 0 amide bonds. The second-order valence-electron chi connectivity index (χ2n) is 8.56. The van der Waals surface area contributed by atoms with Gasteiger partial charge in [0.05, 0.1) is 0 Å². The molecule has 2 nitrogen and oxygen atoms in total. The molecule has 0 saturated heterocycles. The smallest absolute Gasteiger partial charge is 0.266 e. The van der Waals surface area contributed by atoms with Gasteiger partial charge in [-0.05, 0) is 27.9 Å². The maximum absolute atomic E-state index is 15.4. The van der Waals surface area contributed by atoms with E-state index in [1.165, 1.54) is 0 Å². The van der Waals surface area contributed by atoms with Crippen molar-refractivity contribution in [2.24, 2.45) is 4.41 Å². The van der Waals surface area contributed by atoms with Gasteiger partial charge in [-0.25, -0.2) is 0 Å². The van der Waals surface area contributed by atoms with E-state index in [0.717, 1.165) is 0 Å². The summed E-state index contributed by atoms with van der Waals surface area (Å²) in [5.74, 6) is 0. The molecule has 0 bridgehead atoms. The minimum atomic E-state index is -3.57. The topological polar surface area (TPSA) is 15.6 Å². The molecule has 128 valence electrons. The molecule has 0 aliphatic heterocycles. The van der Waals surface area contributed by atoms with Crippen molar-refractivity contribution >= 4 is 45.0 Å². The number of hydrogen-bond acceptors (Lipinski definition) is 1. The summed E-state index contributed by atoms with van der Waals surface area (Å²) in [4.78, 5) is 0. The van der Waals surface area contributed by atoms with Gasteiger partial charge in [0.15, 0.2) is 0 Å². The Bertz CT molecular complexity index is 405. The molecule has 0 saturated carbocycles. The summed E-state index contributed by atoms with van der Waals surface area (Å²) in [5.41, 5.74) is 0. The van der Waals surface area contributed by atoms with Gasteiger partial charge >= 0.3 is 0 Å². The van der Waals surface area contributed by atoms with Crippen LogP contribution in [-0.4, -0.2) is 26.7 Å². The van der Waals surface area contributed by atoms with E-state index >= 15 is 4.20 Å². The molecule has 0 aromatic rings. The van der Waals surface area contributed by atoms with Crippen LogP contribution in [0.25, 0.3) is 0 Å². The summed E-state index contributed by atoms with van der Waals surface area (Å²) < 4.78 is 21.8. The molecule has 1 atom stereocenters. The zero-order valence-electron chi connectivity index (χ0n) is 15.2. The predicted molar refractivity (Wildman–Crippen MR) is 103 cm³/mol. The lowest BCUT2D eigenvalue weighted by molar-refractivity contribution is 0.621. The molecule has 0 fully saturated rings. The molecule has 0 N–H and O–H groups in total. The Balaban J connectivity index is 6.24. The number of halogens is 3. The summed E-state index contributed by atoms with van der Waals surface area (Å²) in [6.45, 7) is 17.5. The van der Waals surface area contributed by atoms with Crippen LogP contribution in [0, 0.1) is 0 Å². The molecule has 1 unspecified atom stereocenters. The summed E-state index contributed by atoms with van der Waals surface area (Å²) >= 11 is 13.4. The fraction of sp³-hybridized carbons (Fsp3) is 1.00. The molecule has 0 aliphatic carbocycles. The van der Waals surface area contributed by atoms with Crippen LogP contribution in [0.2, 0.25) is 29.7 Å². The fourth-order valence-corrected chi connectivity index (χ4v) is 18.3. The van der Waals surface area contributed by atoms with Crippen LogP contribution >= 0.6 is 29.2 Å². The molecule has 0 radical (unpaired) electrons. The minimum Gasteiger partial charge on any atom is -0.266 e. The zero-order valence-corrected chi connectivity index (χ0v) is 19.6. The highest BCUT2D eigenvalue weighted by molar-refractivity contribution is 7.87. The first-order chi connectivity index (χ1) is 8.90. The average Bonchev–Trinajstić information content (AvgIpc) is 2.10. The number of hydrogen-bond donors (Lipinski definition) is 0. The number of rotatable bonds is 4. The first-order valence-electron chi connectivity index (χ1n) is 7.40. The van der Waals surface area contributed by atoms with E-state index in [-0.39, 0.29) is 10.1 Å². The molecule has 0 aliphatic rings. The fourth-order valence-electron chi connectivity index (χ4n) is 2.65. The van der Waals surface area contributed by atoms with Crippen LogP contribution in [0.3, 0.4) is 0 Å². The van der Waals surface area contributed by atoms with Crippen LogP contribution in [0.15, 0.2) is 4.41 Å². The van der Waals surface area contributed by atoms with Gasteiger partial charge in [0, 0.05) is 0 Å². The molecule has 8 heteroatoms. The van der Waals surface area contributed by atoms with Crippen LogP contribution in [-0.2, 0) is 0 Å². The van der Waals surface area contributed by atoms with Crippen LogP contribution in [0.1, 0.15) is 48.5 Å². The Morgan fingerprint density at radius 2 is 1.38 bits per heavy atom. The lowest BCUT2D eigenvalue weighted by Gasteiger charge is -2.45. The maximum Gasteiger partial charge on any atom is 0.290 e. The van der Waals surface area contributed by atoms with Gasteiger partial charge in [-0.3, -0.25) is 8.75 Å². The highest BCUT2D eigenvalue weighted by Gasteiger charge is 2.55. The van der Waals surface area contributed by atoms with Crippen molar-refractivity contribution < 1.29 is 4.20 Å². The highest BCUT2D eigenvalue weighted by Crippen LogP contribution is 2.67. The quantitative estimate of drug-likeness (QED) is 0.273. The maximum atomic E-state index is 15.4. The third-order valence-corrected chi connectivity index (χ3v) is 20.7. The van der Waals surface area contributed by atoms with Crippen LogP contribution in [0.4, 0.5) is 4.20 Å². The summed E-state index contributed by atoms with van der Waals surface area (Å²) in [5, 5.41) is -0.532. The normalized spacial score (nSPS) is 17.8. The van der Waals surface area contributed by atoms with Crippen LogP contribution < -0.4 is 0 Å². The van der Waals surface area contributed by atoms with E-state index in [9.17, 15) is 0 Å². The highest BCUT2D eigenvalue weighted by atomic mass is 35.7. The molecule has 21 heavy (non-hydrogen) atoms. The Kier molecular flexibility index (Phi) is 6.92. The second-order valence-corrected chi connectivity index (χ2v) is 23.2. The Labute approximate surface area is 142 Å². The van der Waals surface area contributed by atoms with Crippen molar-refractivity contribution in [2.75, 3.05) is 6.54 Å². The SMILES string of the molecule is CCN([Si](C)(C)C)P(F)(Cl)=N[Si](Cl)(C(C)(C)C)C(C)(C)C. The third-order valence-electron chi connectivity index (χ3n) is 3.61. The first-order valence-corrected chi connectivity index (χ1v) is 16.3. The van der Waals surface area contributed by atoms with Crippen molar-refractivity contribution in [2.45, 2.75) is 78.2 Å². The monoisotopic (exact) mass is 392 g/mol. The Hall–Kier alpha value is 1.13. The summed E-state index contributed by atoms with van der Waals surface area (Å²) in [6, 6.07) is 0. The van der Waals surface area contributed by atoms with E-state index in [0.29, 0.717) is 6.54 Å². The van der Waals surface area contributed by atoms with Crippen molar-refractivity contribution in [1.82, 2.24) is 4.34 Å². The van der Waals surface area contributed by atoms with Crippen molar-refractivity contribution in [3.05, 3.63) is 0 Å². The van der Waals surface area contributed by atoms with Crippen molar-refractivity contribution in [1.29, 1.82) is 0 Å². The van der Waals surface area contributed by atoms with Gasteiger partial charge in [-0.2, -0.15) is 4.20 Å². The molecule has 0 aromatic carbocycles. The second kappa shape index (κ2) is 6.56. The average molecular weight is 393 g/mol. The van der Waals surface area contributed by atoms with Gasteiger partial charge in [0.2, 0.25) is 0 Å². The lowest BCUT2D eigenvalue weighted by atomic mass is 10.2. The van der Waals surface area contributed by atoms with Gasteiger partial charge in [0.1, 0.15) is 8.24 Å². The third kappa shape index (κ3) is 5.05. The Morgan fingerprint density at radius 1 is 1.05 bits per heavy atom. The van der Waals surface area contributed by atoms with Gasteiger partial charge in [-0.15, -0.1) is 11.1 Å².